The van der Waals surface area contributed by atoms with Crippen molar-refractivity contribution in [2.75, 3.05) is 5.88 Å². The third kappa shape index (κ3) is 1.47. The topological polar surface area (TPSA) is 0 Å². The lowest BCUT2D eigenvalue weighted by Crippen LogP contribution is -2.08. The Kier molecular flexibility index (Phi) is 2.29. The summed E-state index contributed by atoms with van der Waals surface area (Å²) in [6.07, 6.45) is 2.67. The summed E-state index contributed by atoms with van der Waals surface area (Å²) < 4.78 is 0. The Bertz CT molecular complexity index is 116. The van der Waals surface area contributed by atoms with E-state index in [2.05, 4.69) is 20.8 Å². The van der Waals surface area contributed by atoms with E-state index in [0.717, 1.165) is 17.7 Å². The average molecular weight is 161 g/mol. The smallest absolute Gasteiger partial charge is 0.0282 e. The molecule has 0 radical (unpaired) electrons. The predicted octanol–water partition coefficient (Wildman–Crippen LogP) is 3.30. The van der Waals surface area contributed by atoms with Crippen LogP contribution in [0.5, 0.6) is 0 Å². The van der Waals surface area contributed by atoms with Crippen molar-refractivity contribution in [1.82, 2.24) is 0 Å². The van der Waals surface area contributed by atoms with Gasteiger partial charge in [-0.2, -0.15) is 0 Å². The van der Waals surface area contributed by atoms with E-state index in [4.69, 9.17) is 11.6 Å². The Morgan fingerprint density at radius 3 is 2.20 bits per heavy atom. The third-order valence-corrected chi connectivity index (χ3v) is 3.21. The van der Waals surface area contributed by atoms with Crippen molar-refractivity contribution in [3.05, 3.63) is 0 Å². The second kappa shape index (κ2) is 2.73. The lowest BCUT2D eigenvalue weighted by Gasteiger charge is -2.14. The van der Waals surface area contributed by atoms with Crippen LogP contribution in [0.1, 0.15) is 33.6 Å². The maximum absolute atomic E-state index is 5.89. The lowest BCUT2D eigenvalue weighted by molar-refractivity contribution is 0.399. The highest BCUT2D eigenvalue weighted by molar-refractivity contribution is 6.18. The first-order valence-corrected chi connectivity index (χ1v) is 4.70. The Morgan fingerprint density at radius 1 is 1.60 bits per heavy atom. The van der Waals surface area contributed by atoms with Gasteiger partial charge in [-0.1, -0.05) is 20.8 Å². The molecule has 1 aliphatic carbocycles. The first-order chi connectivity index (χ1) is 4.60. The fraction of sp³-hybridized carbons (Fsp3) is 1.00. The molecule has 1 aliphatic rings. The van der Waals surface area contributed by atoms with Gasteiger partial charge in [-0.25, -0.2) is 0 Å². The molecule has 0 amide bonds. The summed E-state index contributed by atoms with van der Waals surface area (Å²) in [5, 5.41) is 0. The highest BCUT2D eigenvalue weighted by atomic mass is 35.5. The highest BCUT2D eigenvalue weighted by Gasteiger charge is 2.49. The maximum atomic E-state index is 5.89. The Hall–Kier alpha value is 0.290. The van der Waals surface area contributed by atoms with E-state index in [1.807, 2.05) is 0 Å². The van der Waals surface area contributed by atoms with Crippen LogP contribution in [-0.4, -0.2) is 5.88 Å². The standard InChI is InChI=1S/C9H17Cl/c1-7(2)4-9(6-10)5-8(9)3/h7-8H,4-6H2,1-3H3. The van der Waals surface area contributed by atoms with E-state index in [1.54, 1.807) is 0 Å². The summed E-state index contributed by atoms with van der Waals surface area (Å²) in [7, 11) is 0. The molecule has 0 aromatic carbocycles. The van der Waals surface area contributed by atoms with E-state index in [1.165, 1.54) is 12.8 Å². The van der Waals surface area contributed by atoms with Crippen LogP contribution in [0.25, 0.3) is 0 Å². The second-order valence-corrected chi connectivity index (χ2v) is 4.47. The van der Waals surface area contributed by atoms with Crippen molar-refractivity contribution in [2.45, 2.75) is 33.6 Å². The van der Waals surface area contributed by atoms with Gasteiger partial charge < -0.3 is 0 Å². The van der Waals surface area contributed by atoms with Crippen LogP contribution >= 0.6 is 11.6 Å². The zero-order valence-electron chi connectivity index (χ0n) is 7.15. The molecule has 0 heterocycles. The molecule has 1 fully saturated rings. The molecule has 0 saturated heterocycles. The number of rotatable bonds is 3. The summed E-state index contributed by atoms with van der Waals surface area (Å²) in [6, 6.07) is 0. The van der Waals surface area contributed by atoms with Gasteiger partial charge in [0.25, 0.3) is 0 Å². The first kappa shape index (κ1) is 8.39. The van der Waals surface area contributed by atoms with Gasteiger partial charge in [-0.3, -0.25) is 0 Å². The molecule has 60 valence electrons. The summed E-state index contributed by atoms with van der Waals surface area (Å²) in [5.41, 5.74) is 0.537. The van der Waals surface area contributed by atoms with Crippen molar-refractivity contribution in [2.24, 2.45) is 17.3 Å². The van der Waals surface area contributed by atoms with E-state index in [9.17, 15) is 0 Å². The molecule has 0 aromatic rings. The molecule has 1 heteroatoms. The molecule has 1 rings (SSSR count). The van der Waals surface area contributed by atoms with Crippen molar-refractivity contribution < 1.29 is 0 Å². The van der Waals surface area contributed by atoms with E-state index in [-0.39, 0.29) is 0 Å². The van der Waals surface area contributed by atoms with Gasteiger partial charge in [0.1, 0.15) is 0 Å². The van der Waals surface area contributed by atoms with Crippen molar-refractivity contribution in [1.29, 1.82) is 0 Å². The lowest BCUT2D eigenvalue weighted by atomic mass is 9.94. The molecule has 1 saturated carbocycles. The van der Waals surface area contributed by atoms with Crippen LogP contribution in [0.3, 0.4) is 0 Å². The number of alkyl halides is 1. The van der Waals surface area contributed by atoms with Gasteiger partial charge in [0.2, 0.25) is 0 Å². The van der Waals surface area contributed by atoms with Crippen LogP contribution in [-0.2, 0) is 0 Å². The zero-order valence-corrected chi connectivity index (χ0v) is 7.91. The summed E-state index contributed by atoms with van der Waals surface area (Å²) in [4.78, 5) is 0. The van der Waals surface area contributed by atoms with Crippen LogP contribution < -0.4 is 0 Å². The minimum absolute atomic E-state index is 0.537. The Morgan fingerprint density at radius 2 is 2.10 bits per heavy atom. The van der Waals surface area contributed by atoms with E-state index < -0.39 is 0 Å². The Balaban J connectivity index is 2.37. The normalized spacial score (nSPS) is 38.7. The molecule has 0 bridgehead atoms. The molecule has 0 aliphatic heterocycles. The Labute approximate surface area is 69.0 Å². The van der Waals surface area contributed by atoms with Gasteiger partial charge in [-0.15, -0.1) is 11.6 Å². The van der Waals surface area contributed by atoms with Crippen molar-refractivity contribution in [3.63, 3.8) is 0 Å². The summed E-state index contributed by atoms with van der Waals surface area (Å²) in [6.45, 7) is 6.86. The largest absolute Gasteiger partial charge is 0.126 e. The second-order valence-electron chi connectivity index (χ2n) is 4.20. The third-order valence-electron chi connectivity index (χ3n) is 2.68. The zero-order chi connectivity index (χ0) is 7.78. The highest BCUT2D eigenvalue weighted by Crippen LogP contribution is 2.56. The molecule has 0 nitrogen and oxygen atoms in total. The molecule has 10 heavy (non-hydrogen) atoms. The SMILES string of the molecule is CC(C)CC1(CCl)CC1C. The minimum atomic E-state index is 0.537. The number of hydrogen-bond donors (Lipinski definition) is 0. The maximum Gasteiger partial charge on any atom is 0.0282 e. The van der Waals surface area contributed by atoms with Crippen molar-refractivity contribution in [3.8, 4) is 0 Å². The van der Waals surface area contributed by atoms with Crippen LogP contribution in [0.2, 0.25) is 0 Å². The van der Waals surface area contributed by atoms with Crippen LogP contribution in [0, 0.1) is 17.3 Å². The van der Waals surface area contributed by atoms with Gasteiger partial charge in [0.15, 0.2) is 0 Å². The quantitative estimate of drug-likeness (QED) is 0.556. The van der Waals surface area contributed by atoms with Gasteiger partial charge in [0, 0.05) is 5.88 Å². The summed E-state index contributed by atoms with van der Waals surface area (Å²) in [5.74, 6) is 2.56. The molecule has 2 unspecified atom stereocenters. The van der Waals surface area contributed by atoms with E-state index >= 15 is 0 Å². The molecule has 0 aromatic heterocycles. The predicted molar refractivity (Wildman–Crippen MR) is 46.4 cm³/mol. The molecule has 2 atom stereocenters. The monoisotopic (exact) mass is 160 g/mol. The molecular formula is C9H17Cl. The summed E-state index contributed by atoms with van der Waals surface area (Å²) >= 11 is 5.89. The fourth-order valence-electron chi connectivity index (χ4n) is 1.89. The molecule has 0 spiro atoms. The fourth-order valence-corrected chi connectivity index (χ4v) is 2.37. The number of halogens is 1. The van der Waals surface area contributed by atoms with E-state index in [0.29, 0.717) is 5.41 Å². The molecule has 0 N–H and O–H groups in total. The van der Waals surface area contributed by atoms with Crippen LogP contribution in [0.15, 0.2) is 0 Å². The van der Waals surface area contributed by atoms with Gasteiger partial charge >= 0.3 is 0 Å². The van der Waals surface area contributed by atoms with Gasteiger partial charge in [0.05, 0.1) is 0 Å². The number of hydrogen-bond acceptors (Lipinski definition) is 0. The van der Waals surface area contributed by atoms with Gasteiger partial charge in [-0.05, 0) is 30.1 Å². The average Bonchev–Trinajstić information content (AvgIpc) is 2.42. The van der Waals surface area contributed by atoms with Crippen molar-refractivity contribution >= 4 is 11.6 Å². The first-order valence-electron chi connectivity index (χ1n) is 4.17. The minimum Gasteiger partial charge on any atom is -0.126 e. The van der Waals surface area contributed by atoms with Crippen LogP contribution in [0.4, 0.5) is 0 Å². The molecular weight excluding hydrogens is 144 g/mol.